The Morgan fingerprint density at radius 2 is 2.33 bits per heavy atom. The standard InChI is InChI=1S/C15H25BrN4O/c1-3-8-19(11-12-6-5-7-17-9-12)13-10-18-20(4-2)15(21)14(13)16/h10,12,17H,3-9,11H2,1-2H3. The van der Waals surface area contributed by atoms with Gasteiger partial charge in [-0.1, -0.05) is 6.92 Å². The summed E-state index contributed by atoms with van der Waals surface area (Å²) in [5.74, 6) is 0.644. The van der Waals surface area contributed by atoms with Crippen LogP contribution in [0.5, 0.6) is 0 Å². The number of halogens is 1. The van der Waals surface area contributed by atoms with E-state index < -0.39 is 0 Å². The van der Waals surface area contributed by atoms with Crippen LogP contribution in [-0.4, -0.2) is 36.0 Å². The topological polar surface area (TPSA) is 50.2 Å². The average molecular weight is 357 g/mol. The van der Waals surface area contributed by atoms with Gasteiger partial charge in [0, 0.05) is 19.6 Å². The van der Waals surface area contributed by atoms with Crippen LogP contribution in [0, 0.1) is 5.92 Å². The third-order valence-corrected chi connectivity index (χ3v) is 4.72. The monoisotopic (exact) mass is 356 g/mol. The van der Waals surface area contributed by atoms with E-state index in [0.717, 1.165) is 38.3 Å². The zero-order chi connectivity index (χ0) is 15.2. The van der Waals surface area contributed by atoms with E-state index in [1.54, 1.807) is 0 Å². The minimum absolute atomic E-state index is 0.0436. The highest BCUT2D eigenvalue weighted by molar-refractivity contribution is 9.10. The molecule has 0 spiro atoms. The van der Waals surface area contributed by atoms with Crippen molar-refractivity contribution in [3.63, 3.8) is 0 Å². The first-order chi connectivity index (χ1) is 10.2. The second-order valence-corrected chi connectivity index (χ2v) is 6.42. The summed E-state index contributed by atoms with van der Waals surface area (Å²) in [4.78, 5) is 14.5. The van der Waals surface area contributed by atoms with Crippen LogP contribution in [0.3, 0.4) is 0 Å². The maximum Gasteiger partial charge on any atom is 0.283 e. The van der Waals surface area contributed by atoms with Crippen molar-refractivity contribution in [2.45, 2.75) is 39.7 Å². The summed E-state index contributed by atoms with van der Waals surface area (Å²) in [7, 11) is 0. The minimum Gasteiger partial charge on any atom is -0.369 e. The molecule has 0 aromatic carbocycles. The molecule has 0 saturated carbocycles. The Morgan fingerprint density at radius 1 is 1.52 bits per heavy atom. The van der Waals surface area contributed by atoms with Gasteiger partial charge >= 0.3 is 0 Å². The lowest BCUT2D eigenvalue weighted by atomic mass is 9.99. The lowest BCUT2D eigenvalue weighted by molar-refractivity contribution is 0.376. The zero-order valence-corrected chi connectivity index (χ0v) is 14.5. The Labute approximate surface area is 134 Å². The number of piperidine rings is 1. The first-order valence-electron chi connectivity index (χ1n) is 7.88. The van der Waals surface area contributed by atoms with Crippen LogP contribution in [0.4, 0.5) is 5.69 Å². The van der Waals surface area contributed by atoms with Crippen molar-refractivity contribution < 1.29 is 0 Å². The average Bonchev–Trinajstić information content (AvgIpc) is 2.51. The van der Waals surface area contributed by atoms with E-state index in [1.165, 1.54) is 17.5 Å². The predicted molar refractivity (Wildman–Crippen MR) is 90.0 cm³/mol. The van der Waals surface area contributed by atoms with E-state index >= 15 is 0 Å². The molecule has 118 valence electrons. The second-order valence-electron chi connectivity index (χ2n) is 5.62. The summed E-state index contributed by atoms with van der Waals surface area (Å²) in [5.41, 5.74) is 0.884. The van der Waals surface area contributed by atoms with Gasteiger partial charge in [0.1, 0.15) is 4.47 Å². The molecule has 1 atom stereocenters. The molecule has 1 unspecified atom stereocenters. The van der Waals surface area contributed by atoms with Crippen molar-refractivity contribution in [1.29, 1.82) is 0 Å². The summed E-state index contributed by atoms with van der Waals surface area (Å²) in [6, 6.07) is 0. The highest BCUT2D eigenvalue weighted by Crippen LogP contribution is 2.24. The van der Waals surface area contributed by atoms with Crippen LogP contribution >= 0.6 is 15.9 Å². The fourth-order valence-corrected chi connectivity index (χ4v) is 3.43. The highest BCUT2D eigenvalue weighted by atomic mass is 79.9. The molecular formula is C15H25BrN4O. The number of hydrogen-bond acceptors (Lipinski definition) is 4. The lowest BCUT2D eigenvalue weighted by Crippen LogP contribution is -2.39. The van der Waals surface area contributed by atoms with E-state index in [0.29, 0.717) is 16.9 Å². The summed E-state index contributed by atoms with van der Waals surface area (Å²) < 4.78 is 2.12. The second kappa shape index (κ2) is 7.94. The highest BCUT2D eigenvalue weighted by Gasteiger charge is 2.20. The molecule has 1 aromatic rings. The molecular weight excluding hydrogens is 332 g/mol. The van der Waals surface area contributed by atoms with Crippen molar-refractivity contribution in [3.05, 3.63) is 21.0 Å². The fraction of sp³-hybridized carbons (Fsp3) is 0.733. The van der Waals surface area contributed by atoms with Gasteiger partial charge in [-0.05, 0) is 61.1 Å². The van der Waals surface area contributed by atoms with Crippen LogP contribution in [0.25, 0.3) is 0 Å². The third-order valence-electron chi connectivity index (χ3n) is 3.98. The Kier molecular flexibility index (Phi) is 6.23. The Hall–Kier alpha value is -0.880. The van der Waals surface area contributed by atoms with Gasteiger partial charge in [0.05, 0.1) is 11.9 Å². The maximum absolute atomic E-state index is 12.2. The van der Waals surface area contributed by atoms with Crippen molar-refractivity contribution in [2.75, 3.05) is 31.1 Å². The molecule has 1 aromatic heterocycles. The van der Waals surface area contributed by atoms with Crippen LogP contribution in [0.15, 0.2) is 15.5 Å². The molecule has 2 heterocycles. The van der Waals surface area contributed by atoms with E-state index in [2.05, 4.69) is 38.2 Å². The molecule has 2 rings (SSSR count). The molecule has 1 N–H and O–H groups in total. The van der Waals surface area contributed by atoms with Crippen LogP contribution in [0.2, 0.25) is 0 Å². The molecule has 0 amide bonds. The smallest absolute Gasteiger partial charge is 0.283 e. The molecule has 1 aliphatic heterocycles. The Bertz CT molecular complexity index is 511. The molecule has 1 aliphatic rings. The van der Waals surface area contributed by atoms with Gasteiger partial charge in [-0.25, -0.2) is 4.68 Å². The van der Waals surface area contributed by atoms with Gasteiger partial charge in [-0.15, -0.1) is 0 Å². The van der Waals surface area contributed by atoms with Gasteiger partial charge < -0.3 is 10.2 Å². The summed E-state index contributed by atoms with van der Waals surface area (Å²) in [6.45, 7) is 8.82. The number of aromatic nitrogens is 2. The van der Waals surface area contributed by atoms with Crippen molar-refractivity contribution >= 4 is 21.6 Å². The third kappa shape index (κ3) is 4.07. The first-order valence-corrected chi connectivity index (χ1v) is 8.67. The van der Waals surface area contributed by atoms with Gasteiger partial charge in [0.15, 0.2) is 0 Å². The minimum atomic E-state index is -0.0436. The number of nitrogens with one attached hydrogen (secondary N) is 1. The molecule has 5 nitrogen and oxygen atoms in total. The molecule has 0 radical (unpaired) electrons. The van der Waals surface area contributed by atoms with Crippen molar-refractivity contribution in [2.24, 2.45) is 5.92 Å². The number of anilines is 1. The van der Waals surface area contributed by atoms with Crippen LogP contribution in [0.1, 0.15) is 33.1 Å². The first kappa shape index (κ1) is 16.5. The van der Waals surface area contributed by atoms with Gasteiger partial charge in [-0.3, -0.25) is 4.79 Å². The van der Waals surface area contributed by atoms with Gasteiger partial charge in [-0.2, -0.15) is 5.10 Å². The molecule has 21 heavy (non-hydrogen) atoms. The lowest BCUT2D eigenvalue weighted by Gasteiger charge is -2.31. The Balaban J connectivity index is 2.21. The number of rotatable bonds is 6. The molecule has 0 aliphatic carbocycles. The summed E-state index contributed by atoms with van der Waals surface area (Å²) in [5, 5.41) is 7.73. The molecule has 0 bridgehead atoms. The molecule has 1 saturated heterocycles. The SMILES string of the molecule is CCCN(CC1CCCNC1)c1cnn(CC)c(=O)c1Br. The van der Waals surface area contributed by atoms with E-state index in [9.17, 15) is 4.79 Å². The van der Waals surface area contributed by atoms with E-state index in [-0.39, 0.29) is 5.56 Å². The number of hydrogen-bond donors (Lipinski definition) is 1. The summed E-state index contributed by atoms with van der Waals surface area (Å²) >= 11 is 3.48. The fourth-order valence-electron chi connectivity index (χ4n) is 2.87. The number of nitrogens with zero attached hydrogens (tertiary/aromatic N) is 3. The normalized spacial score (nSPS) is 18.7. The zero-order valence-electron chi connectivity index (χ0n) is 12.9. The molecule has 1 fully saturated rings. The predicted octanol–water partition coefficient (Wildman–Crippen LogP) is 2.24. The van der Waals surface area contributed by atoms with Gasteiger partial charge in [0.25, 0.3) is 5.56 Å². The van der Waals surface area contributed by atoms with E-state index in [1.807, 2.05) is 13.1 Å². The number of aryl methyl sites for hydroxylation is 1. The largest absolute Gasteiger partial charge is 0.369 e. The summed E-state index contributed by atoms with van der Waals surface area (Å²) in [6.07, 6.45) is 5.37. The quantitative estimate of drug-likeness (QED) is 0.849. The van der Waals surface area contributed by atoms with Crippen molar-refractivity contribution in [1.82, 2.24) is 15.1 Å². The van der Waals surface area contributed by atoms with Crippen LogP contribution < -0.4 is 15.8 Å². The Morgan fingerprint density at radius 3 is 2.95 bits per heavy atom. The van der Waals surface area contributed by atoms with Gasteiger partial charge in [0.2, 0.25) is 0 Å². The van der Waals surface area contributed by atoms with E-state index in [4.69, 9.17) is 0 Å². The van der Waals surface area contributed by atoms with Crippen LogP contribution in [-0.2, 0) is 6.54 Å². The maximum atomic E-state index is 12.2. The molecule has 6 heteroatoms. The van der Waals surface area contributed by atoms with Crippen molar-refractivity contribution in [3.8, 4) is 0 Å².